The number of hydrogen-bond acceptors (Lipinski definition) is 4. The highest BCUT2D eigenvalue weighted by atomic mass is 19.1. The number of aliphatic hydroxyl groups is 1. The molecule has 1 aromatic carbocycles. The number of halogens is 1. The minimum absolute atomic E-state index is 0.200. The van der Waals surface area contributed by atoms with Crippen LogP contribution in [-0.2, 0) is 0 Å². The molecule has 2 rings (SSSR count). The van der Waals surface area contributed by atoms with E-state index in [2.05, 4.69) is 0 Å². The first kappa shape index (κ1) is 13.4. The summed E-state index contributed by atoms with van der Waals surface area (Å²) in [5.41, 5.74) is -0.694. The van der Waals surface area contributed by atoms with E-state index in [9.17, 15) is 19.3 Å². The molecule has 1 heterocycles. The lowest BCUT2D eigenvalue weighted by Crippen LogP contribution is -2.37. The zero-order valence-corrected chi connectivity index (χ0v) is 10.1. The number of benzene rings is 1. The van der Waals surface area contributed by atoms with Gasteiger partial charge in [0.1, 0.15) is 11.4 Å². The number of nitro groups is 1. The quantitative estimate of drug-likeness (QED) is 0.662. The summed E-state index contributed by atoms with van der Waals surface area (Å²) in [6.07, 6.45) is 1.37. The van der Waals surface area contributed by atoms with Gasteiger partial charge in [-0.05, 0) is 25.0 Å². The summed E-state index contributed by atoms with van der Waals surface area (Å²) in [6.45, 7) is 0.215. The van der Waals surface area contributed by atoms with Crippen molar-refractivity contribution in [1.29, 1.82) is 0 Å². The molecule has 0 aromatic heterocycles. The van der Waals surface area contributed by atoms with Crippen LogP contribution < -0.4 is 0 Å². The Bertz CT molecular complexity index is 520. The maximum absolute atomic E-state index is 13.2. The van der Waals surface area contributed by atoms with E-state index in [1.807, 2.05) is 0 Å². The molecule has 1 saturated heterocycles. The Morgan fingerprint density at radius 1 is 1.58 bits per heavy atom. The maximum atomic E-state index is 13.2. The first-order chi connectivity index (χ1) is 9.04. The number of carbonyl (C=O) groups is 1. The van der Waals surface area contributed by atoms with Crippen LogP contribution in [0.4, 0.5) is 10.1 Å². The lowest BCUT2D eigenvalue weighted by molar-refractivity contribution is -0.385. The lowest BCUT2D eigenvalue weighted by Gasteiger charge is -2.22. The molecule has 0 bridgehead atoms. The first-order valence-corrected chi connectivity index (χ1v) is 5.90. The van der Waals surface area contributed by atoms with Crippen LogP contribution >= 0.6 is 0 Å². The Morgan fingerprint density at radius 2 is 2.32 bits per heavy atom. The Kier molecular flexibility index (Phi) is 3.75. The Morgan fingerprint density at radius 3 is 2.95 bits per heavy atom. The number of nitro benzene ring substituents is 1. The van der Waals surface area contributed by atoms with E-state index in [-0.39, 0.29) is 18.2 Å². The molecule has 0 unspecified atom stereocenters. The number of nitrogens with zero attached hydrogens (tertiary/aromatic N) is 2. The zero-order chi connectivity index (χ0) is 14.0. The third-order valence-electron chi connectivity index (χ3n) is 3.23. The molecule has 1 aliphatic heterocycles. The third-order valence-corrected chi connectivity index (χ3v) is 3.23. The number of rotatable bonds is 3. The predicted octanol–water partition coefficient (Wildman–Crippen LogP) is 1.33. The largest absolute Gasteiger partial charge is 0.394 e. The average molecular weight is 268 g/mol. The summed E-state index contributed by atoms with van der Waals surface area (Å²) >= 11 is 0. The van der Waals surface area contributed by atoms with Gasteiger partial charge in [-0.1, -0.05) is 0 Å². The van der Waals surface area contributed by atoms with E-state index in [1.165, 1.54) is 4.90 Å². The van der Waals surface area contributed by atoms with Gasteiger partial charge in [0.05, 0.1) is 17.6 Å². The van der Waals surface area contributed by atoms with Gasteiger partial charge in [0.2, 0.25) is 0 Å². The van der Waals surface area contributed by atoms with Crippen molar-refractivity contribution in [2.75, 3.05) is 13.2 Å². The molecule has 0 saturated carbocycles. The number of amides is 1. The summed E-state index contributed by atoms with van der Waals surface area (Å²) in [7, 11) is 0. The highest BCUT2D eigenvalue weighted by Crippen LogP contribution is 2.25. The number of likely N-dealkylation sites (tertiary alicyclic amines) is 1. The van der Waals surface area contributed by atoms with Gasteiger partial charge in [0.25, 0.3) is 11.6 Å². The highest BCUT2D eigenvalue weighted by Gasteiger charge is 2.32. The fourth-order valence-corrected chi connectivity index (χ4v) is 2.29. The van der Waals surface area contributed by atoms with Crippen LogP contribution in [0.5, 0.6) is 0 Å². The normalized spacial score (nSPS) is 18.6. The van der Waals surface area contributed by atoms with E-state index < -0.39 is 22.3 Å². The van der Waals surface area contributed by atoms with Crippen LogP contribution in [0.25, 0.3) is 0 Å². The standard InChI is InChI=1S/C12H13FN2O4/c13-8-3-4-11(15(18)19)10(6-8)12(17)14-5-1-2-9(14)7-16/h3-4,6,9,16H,1-2,5,7H2/t9-/m0/s1. The fourth-order valence-electron chi connectivity index (χ4n) is 2.29. The van der Waals surface area contributed by atoms with E-state index >= 15 is 0 Å². The third kappa shape index (κ3) is 2.55. The Balaban J connectivity index is 2.37. The lowest BCUT2D eigenvalue weighted by atomic mass is 10.1. The predicted molar refractivity (Wildman–Crippen MR) is 64.2 cm³/mol. The molecule has 1 aliphatic rings. The number of hydrogen-bond donors (Lipinski definition) is 1. The molecular formula is C12H13FN2O4. The van der Waals surface area contributed by atoms with Crippen LogP contribution in [0.15, 0.2) is 18.2 Å². The van der Waals surface area contributed by atoms with Crippen LogP contribution in [0.1, 0.15) is 23.2 Å². The molecule has 1 aromatic rings. The summed E-state index contributed by atoms with van der Waals surface area (Å²) in [5, 5.41) is 20.0. The molecule has 7 heteroatoms. The van der Waals surface area contributed by atoms with E-state index in [4.69, 9.17) is 5.11 Å². The second kappa shape index (κ2) is 5.31. The fraction of sp³-hybridized carbons (Fsp3) is 0.417. The van der Waals surface area contributed by atoms with Crippen molar-refractivity contribution in [2.45, 2.75) is 18.9 Å². The van der Waals surface area contributed by atoms with Crippen LogP contribution in [0.2, 0.25) is 0 Å². The molecule has 1 fully saturated rings. The van der Waals surface area contributed by atoms with Gasteiger partial charge in [0.15, 0.2) is 0 Å². The van der Waals surface area contributed by atoms with Crippen molar-refractivity contribution in [2.24, 2.45) is 0 Å². The minimum Gasteiger partial charge on any atom is -0.394 e. The second-order valence-electron chi connectivity index (χ2n) is 4.40. The van der Waals surface area contributed by atoms with Gasteiger partial charge in [-0.15, -0.1) is 0 Å². The van der Waals surface area contributed by atoms with Gasteiger partial charge in [-0.2, -0.15) is 0 Å². The molecule has 0 spiro atoms. The molecule has 0 radical (unpaired) electrons. The van der Waals surface area contributed by atoms with Gasteiger partial charge in [0, 0.05) is 12.6 Å². The molecular weight excluding hydrogens is 255 g/mol. The molecule has 0 aliphatic carbocycles. The highest BCUT2D eigenvalue weighted by molar-refractivity contribution is 5.98. The van der Waals surface area contributed by atoms with Crippen molar-refractivity contribution in [3.63, 3.8) is 0 Å². The van der Waals surface area contributed by atoms with Crippen molar-refractivity contribution in [3.05, 3.63) is 39.7 Å². The van der Waals surface area contributed by atoms with Crippen molar-refractivity contribution in [3.8, 4) is 0 Å². The van der Waals surface area contributed by atoms with Crippen molar-refractivity contribution in [1.82, 2.24) is 4.90 Å². The molecule has 19 heavy (non-hydrogen) atoms. The minimum atomic E-state index is -0.712. The summed E-state index contributed by atoms with van der Waals surface area (Å²) in [4.78, 5) is 23.8. The van der Waals surface area contributed by atoms with Crippen LogP contribution in [-0.4, -0.2) is 40.0 Å². The summed E-state index contributed by atoms with van der Waals surface area (Å²) < 4.78 is 13.2. The van der Waals surface area contributed by atoms with Gasteiger partial charge >= 0.3 is 0 Å². The molecule has 1 amide bonds. The SMILES string of the molecule is O=C(c1cc(F)ccc1[N+](=O)[O-])N1CCC[C@H]1CO. The molecule has 1 atom stereocenters. The maximum Gasteiger partial charge on any atom is 0.282 e. The van der Waals surface area contributed by atoms with Gasteiger partial charge in [-0.25, -0.2) is 4.39 Å². The average Bonchev–Trinajstić information content (AvgIpc) is 2.85. The van der Waals surface area contributed by atoms with Crippen molar-refractivity contribution < 1.29 is 19.2 Å². The zero-order valence-electron chi connectivity index (χ0n) is 10.1. The Hall–Kier alpha value is -2.02. The van der Waals surface area contributed by atoms with Gasteiger partial charge in [-0.3, -0.25) is 14.9 Å². The molecule has 6 nitrogen and oxygen atoms in total. The summed E-state index contributed by atoms with van der Waals surface area (Å²) in [5.74, 6) is -1.31. The van der Waals surface area contributed by atoms with E-state index in [0.29, 0.717) is 13.0 Å². The Labute approximate surface area is 108 Å². The summed E-state index contributed by atoms with van der Waals surface area (Å²) in [6, 6.07) is 2.44. The monoisotopic (exact) mass is 268 g/mol. The van der Waals surface area contributed by atoms with Gasteiger partial charge < -0.3 is 10.0 Å². The molecule has 1 N–H and O–H groups in total. The first-order valence-electron chi connectivity index (χ1n) is 5.90. The van der Waals surface area contributed by atoms with Crippen LogP contribution in [0.3, 0.4) is 0 Å². The second-order valence-corrected chi connectivity index (χ2v) is 4.40. The molecule has 102 valence electrons. The smallest absolute Gasteiger partial charge is 0.282 e. The van der Waals surface area contributed by atoms with E-state index in [0.717, 1.165) is 24.6 Å². The van der Waals surface area contributed by atoms with E-state index in [1.54, 1.807) is 0 Å². The number of aliphatic hydroxyl groups excluding tert-OH is 1. The van der Waals surface area contributed by atoms with Crippen LogP contribution in [0, 0.1) is 15.9 Å². The topological polar surface area (TPSA) is 83.7 Å². The number of carbonyl (C=O) groups excluding carboxylic acids is 1. The van der Waals surface area contributed by atoms with Crippen molar-refractivity contribution >= 4 is 11.6 Å².